The zero-order chi connectivity index (χ0) is 14.3. The van der Waals surface area contributed by atoms with E-state index in [1.165, 1.54) is 12.5 Å². The summed E-state index contributed by atoms with van der Waals surface area (Å²) in [5.41, 5.74) is 1.47. The molecular weight excluding hydrogens is 256 g/mol. The van der Waals surface area contributed by atoms with Crippen LogP contribution in [0, 0.1) is 5.92 Å². The minimum atomic E-state index is -0.980. The van der Waals surface area contributed by atoms with Gasteiger partial charge in [0, 0.05) is 6.04 Å². The maximum absolute atomic E-state index is 12.2. The first-order valence-corrected chi connectivity index (χ1v) is 7.04. The van der Waals surface area contributed by atoms with Crippen LogP contribution in [-0.2, 0) is 0 Å². The first-order chi connectivity index (χ1) is 9.56. The minimum absolute atomic E-state index is 0.137. The molecule has 1 fully saturated rings. The van der Waals surface area contributed by atoms with Crippen LogP contribution in [0.2, 0.25) is 0 Å². The Labute approximate surface area is 116 Å². The summed E-state index contributed by atoms with van der Waals surface area (Å²) in [6.07, 6.45) is 4.38. The van der Waals surface area contributed by atoms with Gasteiger partial charge >= 0.3 is 11.7 Å². The number of carboxylic acid groups (broad SMARTS) is 1. The van der Waals surface area contributed by atoms with Gasteiger partial charge in [-0.25, -0.2) is 9.59 Å². The molecule has 5 heteroatoms. The summed E-state index contributed by atoms with van der Waals surface area (Å²) in [6.45, 7) is 2.22. The van der Waals surface area contributed by atoms with Crippen LogP contribution < -0.4 is 5.69 Å². The van der Waals surface area contributed by atoms with Gasteiger partial charge in [-0.05, 0) is 37.0 Å². The lowest BCUT2D eigenvalue weighted by Crippen LogP contribution is -2.26. The Balaban J connectivity index is 2.09. The van der Waals surface area contributed by atoms with Gasteiger partial charge in [-0.2, -0.15) is 0 Å². The lowest BCUT2D eigenvalue weighted by atomic mass is 9.87. The predicted octanol–water partition coefficient (Wildman–Crippen LogP) is 2.78. The summed E-state index contributed by atoms with van der Waals surface area (Å²) in [5, 5.41) is 9.01. The second-order valence-corrected chi connectivity index (χ2v) is 5.76. The number of nitrogens with one attached hydrogen (secondary N) is 1. The van der Waals surface area contributed by atoms with Crippen LogP contribution in [0.1, 0.15) is 49.0 Å². The molecule has 3 rings (SSSR count). The van der Waals surface area contributed by atoms with Crippen LogP contribution in [0.25, 0.3) is 11.0 Å². The van der Waals surface area contributed by atoms with E-state index < -0.39 is 5.97 Å². The van der Waals surface area contributed by atoms with Crippen molar-refractivity contribution in [3.63, 3.8) is 0 Å². The van der Waals surface area contributed by atoms with Crippen LogP contribution in [0.3, 0.4) is 0 Å². The number of H-pyrrole nitrogens is 1. The van der Waals surface area contributed by atoms with Crippen LogP contribution in [0.4, 0.5) is 0 Å². The monoisotopic (exact) mass is 274 g/mol. The maximum Gasteiger partial charge on any atom is 0.335 e. The largest absolute Gasteiger partial charge is 0.478 e. The molecule has 2 N–H and O–H groups in total. The molecule has 0 aliphatic heterocycles. The number of nitrogens with zero attached hydrogens (tertiary/aromatic N) is 1. The lowest BCUT2D eigenvalue weighted by molar-refractivity contribution is 0.0697. The molecule has 106 valence electrons. The number of hydrogen-bond donors (Lipinski definition) is 2. The second-order valence-electron chi connectivity index (χ2n) is 5.76. The topological polar surface area (TPSA) is 75.1 Å². The molecular formula is C15H18N2O3. The van der Waals surface area contributed by atoms with Crippen LogP contribution in [0.5, 0.6) is 0 Å². The molecule has 1 aliphatic rings. The molecule has 1 heterocycles. The molecule has 1 aliphatic carbocycles. The quantitative estimate of drug-likeness (QED) is 0.884. The molecule has 2 aromatic rings. The van der Waals surface area contributed by atoms with Gasteiger partial charge in [0.2, 0.25) is 0 Å². The third-order valence-corrected chi connectivity index (χ3v) is 4.24. The Bertz CT molecular complexity index is 713. The van der Waals surface area contributed by atoms with E-state index in [2.05, 4.69) is 11.9 Å². The smallest absolute Gasteiger partial charge is 0.335 e. The highest BCUT2D eigenvalue weighted by Gasteiger charge is 2.23. The van der Waals surface area contributed by atoms with Gasteiger partial charge in [0.25, 0.3) is 0 Å². The Morgan fingerprint density at radius 1 is 1.40 bits per heavy atom. The van der Waals surface area contributed by atoms with Crippen molar-refractivity contribution in [2.75, 3.05) is 0 Å². The van der Waals surface area contributed by atoms with E-state index in [1.54, 1.807) is 16.7 Å². The van der Waals surface area contributed by atoms with Crippen molar-refractivity contribution in [3.8, 4) is 0 Å². The lowest BCUT2D eigenvalue weighted by Gasteiger charge is -2.27. The van der Waals surface area contributed by atoms with E-state index in [0.29, 0.717) is 11.4 Å². The van der Waals surface area contributed by atoms with Crippen molar-refractivity contribution in [3.05, 3.63) is 34.2 Å². The van der Waals surface area contributed by atoms with E-state index in [1.807, 2.05) is 0 Å². The zero-order valence-electron chi connectivity index (χ0n) is 11.4. The SMILES string of the molecule is CC1CCCC(n2c(=O)[nH]c3cc(C(=O)O)ccc32)C1. The first kappa shape index (κ1) is 13.0. The van der Waals surface area contributed by atoms with Gasteiger partial charge < -0.3 is 10.1 Å². The molecule has 2 unspecified atom stereocenters. The van der Waals surface area contributed by atoms with E-state index in [4.69, 9.17) is 5.11 Å². The molecule has 0 radical (unpaired) electrons. The van der Waals surface area contributed by atoms with Crippen molar-refractivity contribution < 1.29 is 9.90 Å². The molecule has 1 aromatic carbocycles. The number of carbonyl (C=O) groups is 1. The Kier molecular flexibility index (Phi) is 3.12. The summed E-state index contributed by atoms with van der Waals surface area (Å²) in [7, 11) is 0. The molecule has 1 saturated carbocycles. The van der Waals surface area contributed by atoms with Crippen LogP contribution in [-0.4, -0.2) is 20.6 Å². The third kappa shape index (κ3) is 2.13. The normalized spacial score (nSPS) is 23.1. The van der Waals surface area contributed by atoms with Crippen LogP contribution in [0.15, 0.2) is 23.0 Å². The zero-order valence-corrected chi connectivity index (χ0v) is 11.4. The van der Waals surface area contributed by atoms with Crippen molar-refractivity contribution in [2.45, 2.75) is 38.6 Å². The highest BCUT2D eigenvalue weighted by molar-refractivity contribution is 5.92. The molecule has 1 aromatic heterocycles. The fourth-order valence-corrected chi connectivity index (χ4v) is 3.26. The number of hydrogen-bond acceptors (Lipinski definition) is 2. The second kappa shape index (κ2) is 4.81. The summed E-state index contributed by atoms with van der Waals surface area (Å²) in [6, 6.07) is 5.04. The highest BCUT2D eigenvalue weighted by atomic mass is 16.4. The van der Waals surface area contributed by atoms with Gasteiger partial charge in [-0.1, -0.05) is 19.8 Å². The molecule has 5 nitrogen and oxygen atoms in total. The van der Waals surface area contributed by atoms with E-state index in [9.17, 15) is 9.59 Å². The molecule has 20 heavy (non-hydrogen) atoms. The molecule has 0 bridgehead atoms. The standard InChI is InChI=1S/C15H18N2O3/c1-9-3-2-4-11(7-9)17-13-6-5-10(14(18)19)8-12(13)16-15(17)20/h5-6,8-9,11H,2-4,7H2,1H3,(H,16,20)(H,18,19). The average molecular weight is 274 g/mol. The Morgan fingerprint density at radius 2 is 2.20 bits per heavy atom. The first-order valence-electron chi connectivity index (χ1n) is 7.04. The molecule has 2 atom stereocenters. The van der Waals surface area contributed by atoms with Gasteiger partial charge in [0.15, 0.2) is 0 Å². The van der Waals surface area contributed by atoms with Gasteiger partial charge in [-0.3, -0.25) is 4.57 Å². The Hall–Kier alpha value is -2.04. The number of aromatic amines is 1. The average Bonchev–Trinajstić information content (AvgIpc) is 2.73. The summed E-state index contributed by atoms with van der Waals surface area (Å²) < 4.78 is 1.80. The minimum Gasteiger partial charge on any atom is -0.478 e. The summed E-state index contributed by atoms with van der Waals surface area (Å²) >= 11 is 0. The predicted molar refractivity (Wildman–Crippen MR) is 76.2 cm³/mol. The fraction of sp³-hybridized carbons (Fsp3) is 0.467. The summed E-state index contributed by atoms with van der Waals surface area (Å²) in [5.74, 6) is -0.351. The van der Waals surface area contributed by atoms with Gasteiger partial charge in [-0.15, -0.1) is 0 Å². The van der Waals surface area contributed by atoms with Crippen molar-refractivity contribution in [2.24, 2.45) is 5.92 Å². The van der Waals surface area contributed by atoms with E-state index in [-0.39, 0.29) is 17.3 Å². The number of carboxylic acids is 1. The maximum atomic E-state index is 12.2. The number of aromatic nitrogens is 2. The van der Waals surface area contributed by atoms with Gasteiger partial charge in [0.05, 0.1) is 16.6 Å². The third-order valence-electron chi connectivity index (χ3n) is 4.24. The molecule has 0 amide bonds. The fourth-order valence-electron chi connectivity index (χ4n) is 3.26. The number of imidazole rings is 1. The van der Waals surface area contributed by atoms with E-state index in [0.717, 1.165) is 24.8 Å². The van der Waals surface area contributed by atoms with Crippen LogP contribution >= 0.6 is 0 Å². The van der Waals surface area contributed by atoms with Crippen molar-refractivity contribution in [1.29, 1.82) is 0 Å². The number of aromatic carboxylic acids is 1. The van der Waals surface area contributed by atoms with E-state index >= 15 is 0 Å². The van der Waals surface area contributed by atoms with Gasteiger partial charge in [0.1, 0.15) is 0 Å². The number of rotatable bonds is 2. The van der Waals surface area contributed by atoms with Crippen molar-refractivity contribution in [1.82, 2.24) is 9.55 Å². The summed E-state index contributed by atoms with van der Waals surface area (Å²) in [4.78, 5) is 25.9. The molecule has 0 spiro atoms. The molecule has 0 saturated heterocycles. The number of fused-ring (bicyclic) bond motifs is 1. The Morgan fingerprint density at radius 3 is 2.90 bits per heavy atom. The number of benzene rings is 1. The highest BCUT2D eigenvalue weighted by Crippen LogP contribution is 2.33. The van der Waals surface area contributed by atoms with Crippen molar-refractivity contribution >= 4 is 17.0 Å².